The Hall–Kier alpha value is -2.21. The van der Waals surface area contributed by atoms with Crippen LogP contribution < -0.4 is 0 Å². The molecule has 1 aliphatic rings. The molecule has 0 radical (unpaired) electrons. The van der Waals surface area contributed by atoms with Crippen molar-refractivity contribution in [2.24, 2.45) is 0 Å². The van der Waals surface area contributed by atoms with Crippen molar-refractivity contribution in [3.8, 4) is 0 Å². The van der Waals surface area contributed by atoms with Crippen molar-refractivity contribution >= 4 is 17.8 Å². The summed E-state index contributed by atoms with van der Waals surface area (Å²) in [4.78, 5) is 36.2. The highest BCUT2D eigenvalue weighted by Gasteiger charge is 2.38. The molecule has 19 heavy (non-hydrogen) atoms. The minimum atomic E-state index is -1.13. The Morgan fingerprint density at radius 2 is 1.95 bits per heavy atom. The number of aromatic carboxylic acids is 1. The molecule has 1 heterocycles. The quantitative estimate of drug-likeness (QED) is 0.820. The van der Waals surface area contributed by atoms with E-state index in [9.17, 15) is 14.4 Å². The molecule has 1 atom stereocenters. The van der Waals surface area contributed by atoms with E-state index in [-0.39, 0.29) is 23.3 Å². The van der Waals surface area contributed by atoms with Crippen molar-refractivity contribution in [3.63, 3.8) is 0 Å². The van der Waals surface area contributed by atoms with E-state index in [1.54, 1.807) is 6.92 Å². The van der Waals surface area contributed by atoms with E-state index in [0.717, 1.165) is 4.90 Å². The molecule has 0 spiro atoms. The van der Waals surface area contributed by atoms with Gasteiger partial charge in [-0.2, -0.15) is 0 Å². The third-order valence-corrected chi connectivity index (χ3v) is 3.01. The lowest BCUT2D eigenvalue weighted by Crippen LogP contribution is -2.40. The van der Waals surface area contributed by atoms with Gasteiger partial charge in [-0.1, -0.05) is 0 Å². The molecule has 0 aliphatic carbocycles. The highest BCUT2D eigenvalue weighted by molar-refractivity contribution is 6.22. The molecule has 0 saturated heterocycles. The monoisotopic (exact) mass is 263 g/mol. The third kappa shape index (κ3) is 2.10. The summed E-state index contributed by atoms with van der Waals surface area (Å²) in [6.07, 6.45) is 0. The number of fused-ring (bicyclic) bond motifs is 1. The average Bonchev–Trinajstić information content (AvgIpc) is 2.62. The van der Waals surface area contributed by atoms with Crippen LogP contribution in [0.3, 0.4) is 0 Å². The molecule has 0 saturated carbocycles. The van der Waals surface area contributed by atoms with Gasteiger partial charge in [0.25, 0.3) is 11.8 Å². The summed E-state index contributed by atoms with van der Waals surface area (Å²) in [6.45, 7) is 1.93. The normalized spacial score (nSPS) is 15.6. The molecule has 0 bridgehead atoms. The maximum Gasteiger partial charge on any atom is 0.335 e. The molecular weight excluding hydrogens is 250 g/mol. The number of nitrogens with zero attached hydrogens (tertiary/aromatic N) is 1. The Morgan fingerprint density at radius 3 is 2.53 bits per heavy atom. The van der Waals surface area contributed by atoms with E-state index in [4.69, 9.17) is 9.84 Å². The lowest BCUT2D eigenvalue weighted by molar-refractivity contribution is 0.0497. The highest BCUT2D eigenvalue weighted by Crippen LogP contribution is 2.25. The van der Waals surface area contributed by atoms with Crippen molar-refractivity contribution in [2.75, 3.05) is 13.7 Å². The second-order valence-electron chi connectivity index (χ2n) is 4.35. The first-order valence-corrected chi connectivity index (χ1v) is 5.71. The fourth-order valence-electron chi connectivity index (χ4n) is 2.11. The second-order valence-corrected chi connectivity index (χ2v) is 4.35. The number of imide groups is 1. The van der Waals surface area contributed by atoms with Crippen molar-refractivity contribution in [3.05, 3.63) is 34.9 Å². The van der Waals surface area contributed by atoms with E-state index in [1.165, 1.54) is 25.3 Å². The standard InChI is InChI=1S/C13H13NO5/c1-7(6-19-2)14-11(15)9-4-3-8(13(17)18)5-10(9)12(14)16/h3-5,7H,6H2,1-2H3,(H,17,18). The fraction of sp³-hybridized carbons (Fsp3) is 0.308. The summed E-state index contributed by atoms with van der Waals surface area (Å²) in [5.74, 6) is -2.03. The zero-order valence-electron chi connectivity index (χ0n) is 10.5. The molecule has 6 heteroatoms. The molecule has 2 rings (SSSR count). The van der Waals surface area contributed by atoms with E-state index < -0.39 is 23.8 Å². The van der Waals surface area contributed by atoms with E-state index >= 15 is 0 Å². The first kappa shape index (κ1) is 13.2. The van der Waals surface area contributed by atoms with Crippen LogP contribution in [0.25, 0.3) is 0 Å². The number of rotatable bonds is 4. The maximum atomic E-state index is 12.2. The van der Waals surface area contributed by atoms with Gasteiger partial charge in [-0.05, 0) is 25.1 Å². The Labute approximate surface area is 109 Å². The van der Waals surface area contributed by atoms with Crippen LogP contribution >= 0.6 is 0 Å². The third-order valence-electron chi connectivity index (χ3n) is 3.01. The molecule has 1 aliphatic heterocycles. The summed E-state index contributed by atoms with van der Waals surface area (Å²) < 4.78 is 4.93. The first-order valence-electron chi connectivity index (χ1n) is 5.71. The van der Waals surface area contributed by atoms with E-state index in [0.29, 0.717) is 0 Å². The van der Waals surface area contributed by atoms with Gasteiger partial charge in [0.05, 0.1) is 29.3 Å². The SMILES string of the molecule is COCC(C)N1C(=O)c2ccc(C(=O)O)cc2C1=O. The van der Waals surface area contributed by atoms with Gasteiger partial charge < -0.3 is 9.84 Å². The summed E-state index contributed by atoms with van der Waals surface area (Å²) in [7, 11) is 1.48. The van der Waals surface area contributed by atoms with Crippen LogP contribution in [-0.4, -0.2) is 47.5 Å². The van der Waals surface area contributed by atoms with Gasteiger partial charge in [-0.25, -0.2) is 4.79 Å². The molecule has 0 fully saturated rings. The van der Waals surface area contributed by atoms with Gasteiger partial charge in [-0.15, -0.1) is 0 Å². The average molecular weight is 263 g/mol. The Kier molecular flexibility index (Phi) is 3.35. The van der Waals surface area contributed by atoms with Crippen LogP contribution in [0, 0.1) is 0 Å². The predicted octanol–water partition coefficient (Wildman–Crippen LogP) is 1.02. The van der Waals surface area contributed by atoms with Gasteiger partial charge in [0.1, 0.15) is 0 Å². The molecule has 1 aromatic carbocycles. The summed E-state index contributed by atoms with van der Waals surface area (Å²) in [5.41, 5.74) is 0.354. The van der Waals surface area contributed by atoms with Crippen LogP contribution in [0.1, 0.15) is 38.0 Å². The molecule has 100 valence electrons. The molecular formula is C13H13NO5. The summed E-state index contributed by atoms with van der Waals surface area (Å²) >= 11 is 0. The zero-order valence-corrected chi connectivity index (χ0v) is 10.5. The molecule has 1 aromatic rings. The van der Waals surface area contributed by atoms with Crippen LogP contribution in [0.2, 0.25) is 0 Å². The van der Waals surface area contributed by atoms with Crippen LogP contribution in [-0.2, 0) is 4.74 Å². The van der Waals surface area contributed by atoms with Crippen molar-refractivity contribution in [1.82, 2.24) is 4.90 Å². The molecule has 1 unspecified atom stereocenters. The lowest BCUT2D eigenvalue weighted by atomic mass is 10.1. The smallest absolute Gasteiger partial charge is 0.335 e. The van der Waals surface area contributed by atoms with Gasteiger partial charge in [-0.3, -0.25) is 14.5 Å². The second kappa shape index (κ2) is 4.81. The van der Waals surface area contributed by atoms with Gasteiger partial charge in [0, 0.05) is 7.11 Å². The number of carboxylic acids is 1. The maximum absolute atomic E-state index is 12.2. The fourth-order valence-corrected chi connectivity index (χ4v) is 2.11. The highest BCUT2D eigenvalue weighted by atomic mass is 16.5. The number of carbonyl (C=O) groups is 3. The number of carboxylic acid groups (broad SMARTS) is 1. The number of carbonyl (C=O) groups excluding carboxylic acids is 2. The zero-order chi connectivity index (χ0) is 14.2. The number of ether oxygens (including phenoxy) is 1. The minimum absolute atomic E-state index is 0.0128. The number of methoxy groups -OCH3 is 1. The van der Waals surface area contributed by atoms with Crippen LogP contribution in [0.15, 0.2) is 18.2 Å². The van der Waals surface area contributed by atoms with Crippen molar-refractivity contribution in [2.45, 2.75) is 13.0 Å². The Morgan fingerprint density at radius 1 is 1.32 bits per heavy atom. The number of amides is 2. The Balaban J connectivity index is 2.41. The van der Waals surface area contributed by atoms with Crippen LogP contribution in [0.4, 0.5) is 0 Å². The lowest BCUT2D eigenvalue weighted by Gasteiger charge is -2.21. The van der Waals surface area contributed by atoms with Crippen molar-refractivity contribution in [1.29, 1.82) is 0 Å². The molecule has 1 N–H and O–H groups in total. The van der Waals surface area contributed by atoms with Crippen molar-refractivity contribution < 1.29 is 24.2 Å². The molecule has 6 nitrogen and oxygen atoms in total. The van der Waals surface area contributed by atoms with Gasteiger partial charge in [0.15, 0.2) is 0 Å². The largest absolute Gasteiger partial charge is 0.478 e. The Bertz CT molecular complexity index is 566. The van der Waals surface area contributed by atoms with Gasteiger partial charge in [0.2, 0.25) is 0 Å². The predicted molar refractivity (Wildman–Crippen MR) is 65.2 cm³/mol. The van der Waals surface area contributed by atoms with Gasteiger partial charge >= 0.3 is 5.97 Å². The summed E-state index contributed by atoms with van der Waals surface area (Å²) in [5, 5.41) is 8.90. The topological polar surface area (TPSA) is 83.9 Å². The van der Waals surface area contributed by atoms with Crippen LogP contribution in [0.5, 0.6) is 0 Å². The molecule has 2 amide bonds. The first-order chi connectivity index (χ1) is 8.97. The number of benzene rings is 1. The van der Waals surface area contributed by atoms with E-state index in [1.807, 2.05) is 0 Å². The number of hydrogen-bond donors (Lipinski definition) is 1. The van der Waals surface area contributed by atoms with E-state index in [2.05, 4.69) is 0 Å². The summed E-state index contributed by atoms with van der Waals surface area (Å²) in [6, 6.07) is 3.53. The minimum Gasteiger partial charge on any atom is -0.478 e. The molecule has 0 aromatic heterocycles. The number of hydrogen-bond acceptors (Lipinski definition) is 4.